The lowest BCUT2D eigenvalue weighted by Crippen LogP contribution is -2.16. The van der Waals surface area contributed by atoms with Gasteiger partial charge in [-0.1, -0.05) is 22.0 Å². The van der Waals surface area contributed by atoms with Gasteiger partial charge in [0.2, 0.25) is 5.88 Å². The smallest absolute Gasteiger partial charge is 0.219 e. The first-order valence-corrected chi connectivity index (χ1v) is 7.73. The van der Waals surface area contributed by atoms with Crippen molar-refractivity contribution in [2.75, 3.05) is 0 Å². The van der Waals surface area contributed by atoms with Gasteiger partial charge in [0, 0.05) is 34.9 Å². The number of hydrogen-bond acceptors (Lipinski definition) is 3. The van der Waals surface area contributed by atoms with Crippen LogP contribution in [0.15, 0.2) is 34.8 Å². The summed E-state index contributed by atoms with van der Waals surface area (Å²) in [6, 6.07) is 8.92. The van der Waals surface area contributed by atoms with Crippen LogP contribution in [0.1, 0.15) is 24.1 Å². The van der Waals surface area contributed by atoms with Crippen molar-refractivity contribution in [2.45, 2.75) is 32.4 Å². The monoisotopic (exact) mass is 350 g/mol. The SMILES string of the molecule is Cc1nc(Oc2cc(F)cc(Br)c2)ccc1CNC1CC1. The van der Waals surface area contributed by atoms with Gasteiger partial charge in [-0.05, 0) is 37.5 Å². The summed E-state index contributed by atoms with van der Waals surface area (Å²) in [5.74, 6) is 0.555. The molecule has 1 fully saturated rings. The number of rotatable bonds is 5. The van der Waals surface area contributed by atoms with E-state index in [4.69, 9.17) is 4.74 Å². The van der Waals surface area contributed by atoms with Gasteiger partial charge >= 0.3 is 0 Å². The molecule has 1 heterocycles. The first kappa shape index (κ1) is 14.5. The Balaban J connectivity index is 1.71. The predicted molar refractivity (Wildman–Crippen MR) is 83.0 cm³/mol. The zero-order valence-electron chi connectivity index (χ0n) is 11.7. The molecule has 0 atom stereocenters. The van der Waals surface area contributed by atoms with Gasteiger partial charge < -0.3 is 10.1 Å². The summed E-state index contributed by atoms with van der Waals surface area (Å²) in [7, 11) is 0. The van der Waals surface area contributed by atoms with Crippen LogP contribution in [0.5, 0.6) is 11.6 Å². The molecule has 0 spiro atoms. The van der Waals surface area contributed by atoms with Crippen LogP contribution in [0.2, 0.25) is 0 Å². The summed E-state index contributed by atoms with van der Waals surface area (Å²) in [4.78, 5) is 4.43. The number of benzene rings is 1. The van der Waals surface area contributed by atoms with Crippen LogP contribution in [0, 0.1) is 12.7 Å². The number of nitrogens with one attached hydrogen (secondary N) is 1. The van der Waals surface area contributed by atoms with Crippen molar-refractivity contribution in [2.24, 2.45) is 0 Å². The lowest BCUT2D eigenvalue weighted by Gasteiger charge is -2.10. The Morgan fingerprint density at radius 2 is 2.14 bits per heavy atom. The second kappa shape index (κ2) is 6.12. The number of hydrogen-bond donors (Lipinski definition) is 1. The fourth-order valence-electron chi connectivity index (χ4n) is 2.06. The number of aromatic nitrogens is 1. The number of aryl methyl sites for hydroxylation is 1. The van der Waals surface area contributed by atoms with Crippen LogP contribution < -0.4 is 10.1 Å². The quantitative estimate of drug-likeness (QED) is 0.870. The van der Waals surface area contributed by atoms with E-state index in [1.165, 1.54) is 25.0 Å². The zero-order chi connectivity index (χ0) is 14.8. The maximum Gasteiger partial charge on any atom is 0.219 e. The van der Waals surface area contributed by atoms with E-state index in [2.05, 4.69) is 26.2 Å². The summed E-state index contributed by atoms with van der Waals surface area (Å²) >= 11 is 3.24. The van der Waals surface area contributed by atoms with Crippen LogP contribution in [0.3, 0.4) is 0 Å². The molecule has 0 aliphatic heterocycles. The number of halogens is 2. The number of nitrogens with zero attached hydrogens (tertiary/aromatic N) is 1. The summed E-state index contributed by atoms with van der Waals surface area (Å²) in [5.41, 5.74) is 2.09. The van der Waals surface area contributed by atoms with Gasteiger partial charge in [-0.2, -0.15) is 0 Å². The van der Waals surface area contributed by atoms with E-state index in [0.717, 1.165) is 17.8 Å². The Kier molecular flexibility index (Phi) is 4.22. The normalized spacial score (nSPS) is 14.2. The van der Waals surface area contributed by atoms with Crippen molar-refractivity contribution in [3.63, 3.8) is 0 Å². The largest absolute Gasteiger partial charge is 0.439 e. The Morgan fingerprint density at radius 3 is 2.81 bits per heavy atom. The molecular weight excluding hydrogens is 335 g/mol. The van der Waals surface area contributed by atoms with E-state index in [0.29, 0.717) is 22.1 Å². The van der Waals surface area contributed by atoms with Gasteiger partial charge in [-0.25, -0.2) is 9.37 Å². The third-order valence-electron chi connectivity index (χ3n) is 3.39. The van der Waals surface area contributed by atoms with Crippen LogP contribution >= 0.6 is 15.9 Å². The molecule has 1 aromatic heterocycles. The van der Waals surface area contributed by atoms with Gasteiger partial charge in [0.25, 0.3) is 0 Å². The third-order valence-corrected chi connectivity index (χ3v) is 3.84. The molecule has 1 aromatic carbocycles. The van der Waals surface area contributed by atoms with Gasteiger partial charge in [-0.3, -0.25) is 0 Å². The Hall–Kier alpha value is -1.46. The van der Waals surface area contributed by atoms with E-state index in [9.17, 15) is 4.39 Å². The van der Waals surface area contributed by atoms with Gasteiger partial charge in [-0.15, -0.1) is 0 Å². The third kappa shape index (κ3) is 4.02. The van der Waals surface area contributed by atoms with Crippen LogP contribution in [0.4, 0.5) is 4.39 Å². The summed E-state index contributed by atoms with van der Waals surface area (Å²) in [6.07, 6.45) is 2.53. The fraction of sp³-hybridized carbons (Fsp3) is 0.312. The molecule has 5 heteroatoms. The highest BCUT2D eigenvalue weighted by molar-refractivity contribution is 9.10. The highest BCUT2D eigenvalue weighted by atomic mass is 79.9. The number of ether oxygens (including phenoxy) is 1. The first-order valence-electron chi connectivity index (χ1n) is 6.94. The van der Waals surface area contributed by atoms with Crippen molar-refractivity contribution in [3.05, 3.63) is 51.9 Å². The maximum atomic E-state index is 13.3. The minimum absolute atomic E-state index is 0.346. The van der Waals surface area contributed by atoms with Gasteiger partial charge in [0.15, 0.2) is 0 Å². The minimum atomic E-state index is -0.346. The van der Waals surface area contributed by atoms with Gasteiger partial charge in [0.1, 0.15) is 11.6 Å². The summed E-state index contributed by atoms with van der Waals surface area (Å²) < 4.78 is 19.6. The maximum absolute atomic E-state index is 13.3. The summed E-state index contributed by atoms with van der Waals surface area (Å²) in [6.45, 7) is 2.79. The van der Waals surface area contributed by atoms with Gasteiger partial charge in [0.05, 0.1) is 0 Å². The molecule has 0 saturated heterocycles. The molecule has 0 unspecified atom stereocenters. The Morgan fingerprint density at radius 1 is 1.33 bits per heavy atom. The number of pyridine rings is 1. The molecular formula is C16H16BrFN2O. The van der Waals surface area contributed by atoms with Crippen molar-refractivity contribution in [3.8, 4) is 11.6 Å². The molecule has 0 radical (unpaired) electrons. The van der Waals surface area contributed by atoms with E-state index in [-0.39, 0.29) is 5.82 Å². The molecule has 1 aliphatic rings. The molecule has 0 amide bonds. The van der Waals surface area contributed by atoms with Crippen molar-refractivity contribution >= 4 is 15.9 Å². The predicted octanol–water partition coefficient (Wildman–Crippen LogP) is 4.34. The second-order valence-corrected chi connectivity index (χ2v) is 6.17. The lowest BCUT2D eigenvalue weighted by atomic mass is 10.2. The first-order chi connectivity index (χ1) is 10.1. The van der Waals surface area contributed by atoms with E-state index in [1.807, 2.05) is 19.1 Å². The molecule has 1 saturated carbocycles. The Bertz CT molecular complexity index is 638. The molecule has 0 bridgehead atoms. The van der Waals surface area contributed by atoms with Crippen molar-refractivity contribution in [1.29, 1.82) is 0 Å². The standard InChI is InChI=1S/C16H16BrFN2O/c1-10-11(9-19-14-3-4-14)2-5-16(20-10)21-15-7-12(17)6-13(18)8-15/h2,5-8,14,19H,3-4,9H2,1H3. The molecule has 21 heavy (non-hydrogen) atoms. The van der Waals surface area contributed by atoms with E-state index >= 15 is 0 Å². The zero-order valence-corrected chi connectivity index (χ0v) is 13.3. The highest BCUT2D eigenvalue weighted by Gasteiger charge is 2.20. The lowest BCUT2D eigenvalue weighted by molar-refractivity contribution is 0.455. The van der Waals surface area contributed by atoms with Crippen LogP contribution in [-0.2, 0) is 6.54 Å². The average Bonchev–Trinajstić information content (AvgIpc) is 3.20. The van der Waals surface area contributed by atoms with Crippen LogP contribution in [-0.4, -0.2) is 11.0 Å². The molecule has 110 valence electrons. The average molecular weight is 351 g/mol. The molecule has 1 aliphatic carbocycles. The minimum Gasteiger partial charge on any atom is -0.439 e. The second-order valence-electron chi connectivity index (χ2n) is 5.26. The van der Waals surface area contributed by atoms with Crippen molar-refractivity contribution in [1.82, 2.24) is 10.3 Å². The van der Waals surface area contributed by atoms with E-state index in [1.54, 1.807) is 6.07 Å². The molecule has 2 aromatic rings. The van der Waals surface area contributed by atoms with Crippen molar-refractivity contribution < 1.29 is 9.13 Å². The summed E-state index contributed by atoms with van der Waals surface area (Å²) in [5, 5.41) is 3.46. The molecule has 3 rings (SSSR count). The molecule has 1 N–H and O–H groups in total. The van der Waals surface area contributed by atoms with E-state index < -0.39 is 0 Å². The molecule has 3 nitrogen and oxygen atoms in total. The topological polar surface area (TPSA) is 34.1 Å². The fourth-order valence-corrected chi connectivity index (χ4v) is 2.50. The Labute approximate surface area is 131 Å². The highest BCUT2D eigenvalue weighted by Crippen LogP contribution is 2.26. The van der Waals surface area contributed by atoms with Crippen LogP contribution in [0.25, 0.3) is 0 Å².